The van der Waals surface area contributed by atoms with Crippen molar-refractivity contribution < 1.29 is 14.2 Å². The number of aromatic hydroxyl groups is 1. The van der Waals surface area contributed by atoms with E-state index in [9.17, 15) is 9.50 Å². The number of imidazole rings is 1. The van der Waals surface area contributed by atoms with E-state index >= 15 is 0 Å². The predicted molar refractivity (Wildman–Crippen MR) is 95.5 cm³/mol. The average Bonchev–Trinajstić information content (AvgIpc) is 3.42. The van der Waals surface area contributed by atoms with Crippen LogP contribution in [-0.4, -0.2) is 49.7 Å². The molecule has 5 rings (SSSR count). The molecule has 1 saturated heterocycles. The Bertz CT molecular complexity index is 945. The fraction of sp³-hybridized carbons (Fsp3) is 0.316. The number of phenolic OH excluding ortho intramolecular Hbond substituents is 1. The number of halogens is 1. The monoisotopic (exact) mass is 367 g/mol. The van der Waals surface area contributed by atoms with Gasteiger partial charge in [0.15, 0.2) is 6.17 Å². The number of aromatic nitrogens is 4. The van der Waals surface area contributed by atoms with E-state index in [1.807, 2.05) is 6.07 Å². The second kappa shape index (κ2) is 6.31. The van der Waals surface area contributed by atoms with E-state index in [1.54, 1.807) is 47.6 Å². The van der Waals surface area contributed by atoms with Gasteiger partial charge in [-0.2, -0.15) is 0 Å². The van der Waals surface area contributed by atoms with Crippen molar-refractivity contribution in [3.63, 3.8) is 0 Å². The summed E-state index contributed by atoms with van der Waals surface area (Å²) in [6.07, 6.45) is 4.43. The third-order valence-corrected chi connectivity index (χ3v) is 5.32. The lowest BCUT2D eigenvalue weighted by molar-refractivity contribution is 0.0615. The molecule has 4 atom stereocenters. The Kier molecular flexibility index (Phi) is 3.78. The normalized spacial score (nSPS) is 26.4. The van der Waals surface area contributed by atoms with Crippen molar-refractivity contribution in [2.24, 2.45) is 5.92 Å². The van der Waals surface area contributed by atoms with Gasteiger partial charge in [0.2, 0.25) is 5.88 Å². The molecule has 2 N–H and O–H groups in total. The van der Waals surface area contributed by atoms with E-state index in [0.29, 0.717) is 17.1 Å². The number of rotatable bonds is 4. The van der Waals surface area contributed by atoms with Crippen molar-refractivity contribution in [2.45, 2.75) is 24.7 Å². The summed E-state index contributed by atoms with van der Waals surface area (Å²) >= 11 is 0. The first-order valence-electron chi connectivity index (χ1n) is 8.88. The van der Waals surface area contributed by atoms with Gasteiger partial charge < -0.3 is 19.7 Å². The van der Waals surface area contributed by atoms with E-state index in [1.165, 1.54) is 0 Å². The Morgan fingerprint density at radius 2 is 2.15 bits per heavy atom. The van der Waals surface area contributed by atoms with Crippen LogP contribution in [0.4, 0.5) is 4.39 Å². The van der Waals surface area contributed by atoms with Crippen LogP contribution in [-0.2, 0) is 0 Å². The van der Waals surface area contributed by atoms with Crippen LogP contribution in [0.1, 0.15) is 6.42 Å². The summed E-state index contributed by atoms with van der Waals surface area (Å²) in [4.78, 5) is 3.99. The first-order valence-corrected chi connectivity index (χ1v) is 8.88. The summed E-state index contributed by atoms with van der Waals surface area (Å²) in [5.74, 6) is 0.562. The van der Waals surface area contributed by atoms with Gasteiger partial charge in [-0.15, -0.1) is 10.2 Å². The van der Waals surface area contributed by atoms with Gasteiger partial charge in [-0.05, 0) is 24.6 Å². The van der Waals surface area contributed by atoms with Gasteiger partial charge in [0.05, 0.1) is 17.7 Å². The van der Waals surface area contributed by atoms with E-state index in [2.05, 4.69) is 20.5 Å². The maximum Gasteiger partial charge on any atom is 0.233 e. The van der Waals surface area contributed by atoms with Gasteiger partial charge >= 0.3 is 0 Å². The number of phenols is 1. The molecular weight excluding hydrogens is 349 g/mol. The van der Waals surface area contributed by atoms with Gasteiger partial charge in [-0.25, -0.2) is 9.37 Å². The molecule has 2 aliphatic rings. The molecule has 1 aliphatic heterocycles. The minimum Gasteiger partial charge on any atom is -0.507 e. The molecule has 1 aromatic carbocycles. The van der Waals surface area contributed by atoms with Crippen LogP contribution in [0.15, 0.2) is 49.1 Å². The van der Waals surface area contributed by atoms with Gasteiger partial charge in [0.1, 0.15) is 11.9 Å². The molecule has 3 heterocycles. The van der Waals surface area contributed by atoms with Crippen molar-refractivity contribution in [1.82, 2.24) is 25.1 Å². The van der Waals surface area contributed by atoms with E-state index in [-0.39, 0.29) is 17.7 Å². The molecule has 1 saturated carbocycles. The number of nitrogens with one attached hydrogen (secondary N) is 1. The lowest BCUT2D eigenvalue weighted by Gasteiger charge is -2.26. The minimum absolute atomic E-state index is 0.0900. The first-order chi connectivity index (χ1) is 13.2. The highest BCUT2D eigenvalue weighted by Gasteiger charge is 2.50. The maximum absolute atomic E-state index is 14.2. The third kappa shape index (κ3) is 2.82. The first kappa shape index (κ1) is 16.2. The Morgan fingerprint density at radius 3 is 2.81 bits per heavy atom. The molecule has 2 fully saturated rings. The maximum atomic E-state index is 14.2. The molecule has 2 bridgehead atoms. The van der Waals surface area contributed by atoms with Crippen LogP contribution in [0.25, 0.3) is 16.9 Å². The van der Waals surface area contributed by atoms with Crippen molar-refractivity contribution in [2.75, 3.05) is 6.54 Å². The largest absolute Gasteiger partial charge is 0.507 e. The van der Waals surface area contributed by atoms with Gasteiger partial charge in [0, 0.05) is 48.6 Å². The Labute approximate surface area is 154 Å². The third-order valence-electron chi connectivity index (χ3n) is 5.32. The molecule has 0 unspecified atom stereocenters. The highest BCUT2D eigenvalue weighted by molar-refractivity contribution is 5.68. The van der Waals surface area contributed by atoms with Crippen molar-refractivity contribution in [3.8, 4) is 28.6 Å². The van der Waals surface area contributed by atoms with E-state index < -0.39 is 12.3 Å². The fourth-order valence-electron chi connectivity index (χ4n) is 3.91. The number of piperidine rings is 1. The molecule has 3 aromatic rings. The van der Waals surface area contributed by atoms with Gasteiger partial charge in [-0.1, -0.05) is 0 Å². The van der Waals surface area contributed by atoms with Crippen LogP contribution in [0.5, 0.6) is 11.6 Å². The van der Waals surface area contributed by atoms with Crippen LogP contribution in [0.3, 0.4) is 0 Å². The standard InChI is InChI=1S/C19H18FN5O2/c20-18-15-7-11(9-22-15)19(18)27-17-4-3-14(23-24-17)13-2-1-12(8-16(13)26)25-6-5-21-10-25/h1-6,8,10-11,15,18-19,22,26H,7,9H2/t11-,15-,18-,19-/m1/s1. The molecule has 138 valence electrons. The highest BCUT2D eigenvalue weighted by Crippen LogP contribution is 2.36. The summed E-state index contributed by atoms with van der Waals surface area (Å²) in [6, 6.07) is 8.54. The van der Waals surface area contributed by atoms with E-state index in [4.69, 9.17) is 4.74 Å². The van der Waals surface area contributed by atoms with Gasteiger partial charge in [-0.3, -0.25) is 0 Å². The fourth-order valence-corrected chi connectivity index (χ4v) is 3.91. The number of fused-ring (bicyclic) bond motifs is 2. The lowest BCUT2D eigenvalue weighted by Crippen LogP contribution is -2.46. The molecule has 0 amide bonds. The molecule has 0 spiro atoms. The van der Waals surface area contributed by atoms with Crippen molar-refractivity contribution in [1.29, 1.82) is 0 Å². The number of hydrogen-bond donors (Lipinski definition) is 2. The summed E-state index contributed by atoms with van der Waals surface area (Å²) in [5.41, 5.74) is 1.87. The van der Waals surface area contributed by atoms with Crippen LogP contribution < -0.4 is 10.1 Å². The zero-order chi connectivity index (χ0) is 18.4. The number of alkyl halides is 1. The molecule has 2 aromatic heterocycles. The summed E-state index contributed by atoms with van der Waals surface area (Å²) in [5, 5.41) is 21.7. The topological polar surface area (TPSA) is 85.1 Å². The average molecular weight is 367 g/mol. The molecule has 1 aliphatic carbocycles. The van der Waals surface area contributed by atoms with Crippen LogP contribution >= 0.6 is 0 Å². The molecule has 7 nitrogen and oxygen atoms in total. The molecule has 0 radical (unpaired) electrons. The Morgan fingerprint density at radius 1 is 1.22 bits per heavy atom. The Hall–Kier alpha value is -3.00. The summed E-state index contributed by atoms with van der Waals surface area (Å²) < 4.78 is 21.8. The zero-order valence-corrected chi connectivity index (χ0v) is 14.4. The lowest BCUT2D eigenvalue weighted by atomic mass is 10.1. The number of ether oxygens (including phenoxy) is 1. The van der Waals surface area contributed by atoms with Crippen LogP contribution in [0.2, 0.25) is 0 Å². The highest BCUT2D eigenvalue weighted by atomic mass is 19.1. The molecular formula is C19H18FN5O2. The number of nitrogens with zero attached hydrogens (tertiary/aromatic N) is 4. The SMILES string of the molecule is Oc1cc(-n2ccnc2)ccc1-c1ccc(O[C@@H]2[C@H]3CN[C@H](C3)[C@H]2F)nn1. The summed E-state index contributed by atoms with van der Waals surface area (Å²) in [7, 11) is 0. The van der Waals surface area contributed by atoms with Crippen LogP contribution in [0, 0.1) is 5.92 Å². The second-order valence-corrected chi connectivity index (χ2v) is 6.97. The number of hydrogen-bond acceptors (Lipinski definition) is 6. The quantitative estimate of drug-likeness (QED) is 0.735. The number of benzene rings is 1. The molecule has 8 heteroatoms. The predicted octanol–water partition coefficient (Wildman–Crippen LogP) is 2.11. The van der Waals surface area contributed by atoms with Crippen molar-refractivity contribution >= 4 is 0 Å². The zero-order valence-electron chi connectivity index (χ0n) is 14.4. The Balaban J connectivity index is 1.34. The molecule has 27 heavy (non-hydrogen) atoms. The second-order valence-electron chi connectivity index (χ2n) is 6.97. The smallest absolute Gasteiger partial charge is 0.233 e. The van der Waals surface area contributed by atoms with Gasteiger partial charge in [0.25, 0.3) is 0 Å². The minimum atomic E-state index is -1.02. The summed E-state index contributed by atoms with van der Waals surface area (Å²) in [6.45, 7) is 0.776. The van der Waals surface area contributed by atoms with Crippen molar-refractivity contribution in [3.05, 3.63) is 49.1 Å². The van der Waals surface area contributed by atoms with E-state index in [0.717, 1.165) is 18.7 Å².